The lowest BCUT2D eigenvalue weighted by molar-refractivity contribution is 0.0566. The number of alkyl halides is 1. The van der Waals surface area contributed by atoms with Crippen LogP contribution in [-0.2, 0) is 11.2 Å². The van der Waals surface area contributed by atoms with Crippen molar-refractivity contribution in [3.05, 3.63) is 27.2 Å². The molecule has 1 aromatic carbocycles. The maximum Gasteiger partial charge on any atom is 0.139 e. The first-order chi connectivity index (χ1) is 8.56. The second-order valence-corrected chi connectivity index (χ2v) is 5.80. The highest BCUT2D eigenvalue weighted by atomic mass is 35.5. The summed E-state index contributed by atoms with van der Waals surface area (Å²) in [6.07, 6.45) is 1.61. The number of benzene rings is 1. The number of fused-ring (bicyclic) bond motifs is 1. The van der Waals surface area contributed by atoms with E-state index in [4.69, 9.17) is 44.3 Å². The SMILES string of the molecule is COc1cc2c(c(Cl)c1Cl)C(C(C)Cl)OCCC2. The first-order valence-corrected chi connectivity index (χ1v) is 7.06. The van der Waals surface area contributed by atoms with Gasteiger partial charge in [0, 0.05) is 12.2 Å². The zero-order chi connectivity index (χ0) is 13.3. The number of hydrogen-bond donors (Lipinski definition) is 0. The highest BCUT2D eigenvalue weighted by molar-refractivity contribution is 6.43. The molecule has 0 bridgehead atoms. The number of hydrogen-bond acceptors (Lipinski definition) is 2. The number of methoxy groups -OCH3 is 1. The van der Waals surface area contributed by atoms with Crippen LogP contribution in [-0.4, -0.2) is 19.1 Å². The van der Waals surface area contributed by atoms with Gasteiger partial charge in [0.05, 0.1) is 17.5 Å². The first-order valence-electron chi connectivity index (χ1n) is 5.86. The molecule has 0 aromatic heterocycles. The van der Waals surface area contributed by atoms with E-state index in [0.717, 1.165) is 24.0 Å². The van der Waals surface area contributed by atoms with Gasteiger partial charge in [0.15, 0.2) is 0 Å². The largest absolute Gasteiger partial charge is 0.495 e. The minimum atomic E-state index is -0.222. The molecule has 0 fully saturated rings. The molecule has 0 saturated carbocycles. The molecule has 1 aromatic rings. The van der Waals surface area contributed by atoms with Crippen LogP contribution < -0.4 is 4.74 Å². The lowest BCUT2D eigenvalue weighted by Gasteiger charge is -2.22. The first kappa shape index (κ1) is 14.3. The predicted octanol–water partition coefficient (Wildman–Crippen LogP) is 4.63. The molecule has 0 saturated heterocycles. The Hall–Kier alpha value is -0.150. The van der Waals surface area contributed by atoms with Crippen LogP contribution in [0.2, 0.25) is 10.0 Å². The van der Waals surface area contributed by atoms with E-state index < -0.39 is 0 Å². The van der Waals surface area contributed by atoms with Crippen LogP contribution in [0.15, 0.2) is 6.07 Å². The summed E-state index contributed by atoms with van der Waals surface area (Å²) in [5, 5.41) is 0.750. The molecule has 1 aliphatic rings. The normalized spacial score (nSPS) is 21.1. The fourth-order valence-corrected chi connectivity index (χ4v) is 3.00. The number of aryl methyl sites for hydroxylation is 1. The number of halogens is 3. The summed E-state index contributed by atoms with van der Waals surface area (Å²) in [6, 6.07) is 1.94. The Bertz CT molecular complexity index is 446. The second-order valence-electron chi connectivity index (χ2n) is 4.35. The van der Waals surface area contributed by atoms with Crippen molar-refractivity contribution < 1.29 is 9.47 Å². The maximum atomic E-state index is 6.36. The van der Waals surface area contributed by atoms with Crippen molar-refractivity contribution in [2.45, 2.75) is 31.2 Å². The predicted molar refractivity (Wildman–Crippen MR) is 75.3 cm³/mol. The maximum absolute atomic E-state index is 6.36. The molecule has 2 atom stereocenters. The van der Waals surface area contributed by atoms with E-state index in [1.54, 1.807) is 7.11 Å². The average molecular weight is 310 g/mol. The van der Waals surface area contributed by atoms with Crippen LogP contribution in [0.5, 0.6) is 5.75 Å². The molecule has 0 N–H and O–H groups in total. The van der Waals surface area contributed by atoms with E-state index in [0.29, 0.717) is 22.4 Å². The molecule has 5 heteroatoms. The zero-order valence-corrected chi connectivity index (χ0v) is 12.6. The lowest BCUT2D eigenvalue weighted by Crippen LogP contribution is -2.14. The van der Waals surface area contributed by atoms with Crippen molar-refractivity contribution in [1.82, 2.24) is 0 Å². The minimum absolute atomic E-state index is 0.163. The molecule has 100 valence electrons. The van der Waals surface area contributed by atoms with Gasteiger partial charge in [-0.15, -0.1) is 11.6 Å². The molecule has 0 spiro atoms. The molecule has 2 nitrogen and oxygen atoms in total. The van der Waals surface area contributed by atoms with Crippen LogP contribution in [0.25, 0.3) is 0 Å². The number of ether oxygens (including phenoxy) is 2. The van der Waals surface area contributed by atoms with Gasteiger partial charge in [-0.2, -0.15) is 0 Å². The monoisotopic (exact) mass is 308 g/mol. The Labute approximate surface area is 122 Å². The zero-order valence-electron chi connectivity index (χ0n) is 10.3. The molecule has 2 unspecified atom stereocenters. The second kappa shape index (κ2) is 5.87. The summed E-state index contributed by atoms with van der Waals surface area (Å²) < 4.78 is 11.0. The Morgan fingerprint density at radius 1 is 1.39 bits per heavy atom. The van der Waals surface area contributed by atoms with Crippen LogP contribution in [0.3, 0.4) is 0 Å². The molecule has 1 heterocycles. The van der Waals surface area contributed by atoms with Gasteiger partial charge in [-0.1, -0.05) is 23.2 Å². The topological polar surface area (TPSA) is 18.5 Å². The standard InChI is InChI=1S/C13H15Cl3O2/c1-7(14)13-10-8(4-3-5-18-13)6-9(17-2)11(15)12(10)16/h6-7,13H,3-5H2,1-2H3. The Morgan fingerprint density at radius 3 is 2.72 bits per heavy atom. The van der Waals surface area contributed by atoms with Gasteiger partial charge in [-0.3, -0.25) is 0 Å². The van der Waals surface area contributed by atoms with Crippen LogP contribution >= 0.6 is 34.8 Å². The summed E-state index contributed by atoms with van der Waals surface area (Å²) in [4.78, 5) is 0. The van der Waals surface area contributed by atoms with Crippen molar-refractivity contribution in [3.8, 4) is 5.75 Å². The lowest BCUT2D eigenvalue weighted by atomic mass is 9.97. The summed E-state index contributed by atoms with van der Waals surface area (Å²) in [5.41, 5.74) is 2.01. The van der Waals surface area contributed by atoms with Gasteiger partial charge < -0.3 is 9.47 Å². The smallest absolute Gasteiger partial charge is 0.139 e. The van der Waals surface area contributed by atoms with Gasteiger partial charge in [0.25, 0.3) is 0 Å². The van der Waals surface area contributed by atoms with Crippen LogP contribution in [0.1, 0.15) is 30.6 Å². The van der Waals surface area contributed by atoms with Gasteiger partial charge in [-0.25, -0.2) is 0 Å². The van der Waals surface area contributed by atoms with E-state index >= 15 is 0 Å². The quantitative estimate of drug-likeness (QED) is 0.741. The third kappa shape index (κ3) is 2.57. The molecule has 0 radical (unpaired) electrons. The average Bonchev–Trinajstić information content (AvgIpc) is 2.55. The van der Waals surface area contributed by atoms with Crippen LogP contribution in [0, 0.1) is 0 Å². The summed E-state index contributed by atoms with van der Waals surface area (Å²) in [5.74, 6) is 0.600. The van der Waals surface area contributed by atoms with Crippen molar-refractivity contribution in [1.29, 1.82) is 0 Å². The van der Waals surface area contributed by atoms with Gasteiger partial charge >= 0.3 is 0 Å². The van der Waals surface area contributed by atoms with Gasteiger partial charge in [0.1, 0.15) is 16.9 Å². The summed E-state index contributed by atoms with van der Waals surface area (Å²) in [6.45, 7) is 2.57. The molecule has 1 aliphatic heterocycles. The van der Waals surface area contributed by atoms with E-state index in [-0.39, 0.29) is 11.5 Å². The summed E-state index contributed by atoms with van der Waals surface area (Å²) >= 11 is 18.8. The van der Waals surface area contributed by atoms with Gasteiger partial charge in [0.2, 0.25) is 0 Å². The molecule has 0 amide bonds. The molecule has 18 heavy (non-hydrogen) atoms. The molecular weight excluding hydrogens is 295 g/mol. The number of rotatable bonds is 2. The van der Waals surface area contributed by atoms with Crippen molar-refractivity contribution in [2.24, 2.45) is 0 Å². The molecule has 2 rings (SSSR count). The van der Waals surface area contributed by atoms with Crippen LogP contribution in [0.4, 0.5) is 0 Å². The van der Waals surface area contributed by atoms with Crippen molar-refractivity contribution in [3.63, 3.8) is 0 Å². The third-order valence-corrected chi connectivity index (χ3v) is 4.20. The van der Waals surface area contributed by atoms with Crippen molar-refractivity contribution >= 4 is 34.8 Å². The Morgan fingerprint density at radius 2 is 2.11 bits per heavy atom. The Kier molecular flexibility index (Phi) is 4.65. The van der Waals surface area contributed by atoms with E-state index in [2.05, 4.69) is 0 Å². The Balaban J connectivity index is 2.59. The third-order valence-electron chi connectivity index (χ3n) is 3.11. The van der Waals surface area contributed by atoms with E-state index in [1.807, 2.05) is 13.0 Å². The molecular formula is C13H15Cl3O2. The van der Waals surface area contributed by atoms with Gasteiger partial charge in [-0.05, 0) is 31.4 Å². The fraction of sp³-hybridized carbons (Fsp3) is 0.538. The highest BCUT2D eigenvalue weighted by Gasteiger charge is 2.28. The van der Waals surface area contributed by atoms with Crippen molar-refractivity contribution in [2.75, 3.05) is 13.7 Å². The summed E-state index contributed by atoms with van der Waals surface area (Å²) in [7, 11) is 1.58. The minimum Gasteiger partial charge on any atom is -0.495 e. The highest BCUT2D eigenvalue weighted by Crippen LogP contribution is 2.43. The van der Waals surface area contributed by atoms with E-state index in [9.17, 15) is 0 Å². The van der Waals surface area contributed by atoms with E-state index in [1.165, 1.54) is 0 Å². The molecule has 0 aliphatic carbocycles. The fourth-order valence-electron chi connectivity index (χ4n) is 2.25.